The van der Waals surface area contributed by atoms with Gasteiger partial charge in [0.1, 0.15) is 0 Å². The van der Waals surface area contributed by atoms with Gasteiger partial charge < -0.3 is 9.80 Å². The maximum absolute atomic E-state index is 2.44. The van der Waals surface area contributed by atoms with Crippen molar-refractivity contribution in [3.05, 3.63) is 322 Å². The predicted octanol–water partition coefficient (Wildman–Crippen LogP) is 23.3. The van der Waals surface area contributed by atoms with Gasteiger partial charge >= 0.3 is 0 Å². The summed E-state index contributed by atoms with van der Waals surface area (Å²) >= 11 is 0. The van der Waals surface area contributed by atoms with E-state index in [1.807, 2.05) is 0 Å². The lowest BCUT2D eigenvalue weighted by Gasteiger charge is -2.29. The van der Waals surface area contributed by atoms with Gasteiger partial charge in [-0.25, -0.2) is 0 Å². The summed E-state index contributed by atoms with van der Waals surface area (Å²) in [7, 11) is 0. The molecule has 0 unspecified atom stereocenters. The van der Waals surface area contributed by atoms with Crippen molar-refractivity contribution in [3.8, 4) is 44.5 Å². The molecule has 0 aliphatic heterocycles. The first kappa shape index (κ1) is 53.5. The quantitative estimate of drug-likeness (QED) is 0.126. The van der Waals surface area contributed by atoms with Crippen LogP contribution in [0.25, 0.3) is 79.6 Å². The van der Waals surface area contributed by atoms with Crippen LogP contribution < -0.4 is 9.80 Å². The van der Waals surface area contributed by atoms with Gasteiger partial charge in [-0.1, -0.05) is 250 Å². The van der Waals surface area contributed by atoms with E-state index in [1.165, 1.54) is 133 Å². The molecule has 0 radical (unpaired) electrons. The van der Waals surface area contributed by atoms with Crippen molar-refractivity contribution in [1.82, 2.24) is 0 Å². The monoisotopic (exact) mass is 1130 g/mol. The first-order chi connectivity index (χ1) is 42.6. The van der Waals surface area contributed by atoms with E-state index in [-0.39, 0.29) is 21.7 Å². The van der Waals surface area contributed by atoms with Crippen LogP contribution in [0.1, 0.15) is 122 Å². The molecular formula is C86H70N2. The Kier molecular flexibility index (Phi) is 12.0. The zero-order valence-electron chi connectivity index (χ0n) is 51.5. The van der Waals surface area contributed by atoms with Crippen LogP contribution in [-0.4, -0.2) is 0 Å². The molecule has 0 saturated heterocycles. The van der Waals surface area contributed by atoms with Gasteiger partial charge in [-0.15, -0.1) is 0 Å². The predicted molar refractivity (Wildman–Crippen MR) is 374 cm³/mol. The molecular weight excluding hydrogens is 1060 g/mol. The Balaban J connectivity index is 0.628. The molecule has 16 rings (SSSR count). The third-order valence-corrected chi connectivity index (χ3v) is 20.4. The van der Waals surface area contributed by atoms with Gasteiger partial charge in [0.05, 0.1) is 0 Å². The highest BCUT2D eigenvalue weighted by Gasteiger charge is 2.40. The maximum Gasteiger partial charge on any atom is 0.0465 e. The summed E-state index contributed by atoms with van der Waals surface area (Å²) in [5.41, 5.74) is 32.7. The zero-order chi connectivity index (χ0) is 59.8. The van der Waals surface area contributed by atoms with Crippen LogP contribution in [0.4, 0.5) is 34.1 Å². The van der Waals surface area contributed by atoms with Crippen molar-refractivity contribution in [2.24, 2.45) is 0 Å². The summed E-state index contributed by atoms with van der Waals surface area (Å²) in [5, 5.41) is 2.46. The van der Waals surface area contributed by atoms with E-state index in [0.29, 0.717) is 0 Å². The lowest BCUT2D eigenvalue weighted by Crippen LogP contribution is -2.18. The Hall–Kier alpha value is -10.0. The summed E-state index contributed by atoms with van der Waals surface area (Å²) in [4.78, 5) is 4.87. The lowest BCUT2D eigenvalue weighted by molar-refractivity contribution is 0.659. The van der Waals surface area contributed by atoms with Crippen LogP contribution in [0.2, 0.25) is 0 Å². The van der Waals surface area contributed by atoms with Crippen LogP contribution in [0.3, 0.4) is 0 Å². The van der Waals surface area contributed by atoms with E-state index in [4.69, 9.17) is 0 Å². The summed E-state index contributed by atoms with van der Waals surface area (Å²) < 4.78 is 0. The number of fused-ring (bicyclic) bond motifs is 13. The molecule has 12 aromatic carbocycles. The van der Waals surface area contributed by atoms with Crippen LogP contribution in [0, 0.1) is 0 Å². The minimum atomic E-state index is -0.195. The van der Waals surface area contributed by atoms with Gasteiger partial charge in [-0.3, -0.25) is 0 Å². The molecule has 88 heavy (non-hydrogen) atoms. The second-order valence-electron chi connectivity index (χ2n) is 27.0. The van der Waals surface area contributed by atoms with Gasteiger partial charge in [0, 0.05) is 55.8 Å². The summed E-state index contributed by atoms with van der Waals surface area (Å²) in [5.74, 6) is 0. The molecule has 0 bridgehead atoms. The Bertz CT molecular complexity index is 4600. The van der Waals surface area contributed by atoms with E-state index in [0.717, 1.165) is 22.7 Å². The van der Waals surface area contributed by atoms with Crippen molar-refractivity contribution in [2.45, 2.75) is 77.0 Å². The highest BCUT2D eigenvalue weighted by Crippen LogP contribution is 2.56. The smallest absolute Gasteiger partial charge is 0.0465 e. The molecule has 0 N–H and O–H groups in total. The summed E-state index contributed by atoms with van der Waals surface area (Å²) in [6.07, 6.45) is 9.07. The summed E-state index contributed by atoms with van der Waals surface area (Å²) in [6.45, 7) is 19.0. The van der Waals surface area contributed by atoms with E-state index < -0.39 is 0 Å². The molecule has 4 aliphatic rings. The van der Waals surface area contributed by atoms with Crippen molar-refractivity contribution < 1.29 is 0 Å². The SMILES string of the molecule is CC1(C)c2ccccc2-c2ccc(N(c3ccccc3)c3ccc4c(c3)C(C)(C)c3cc(/C=C/c5ccc6cc(/C=C/c7ccc8c(c7)C(C)(C)c7cc(N(c9ccccc9)c9ccc%10c(c9)C(C)(C)c9ccccc9-%10)ccc7-8)ccc6c5)ccc3-4)cc21. The molecule has 0 aromatic heterocycles. The Morgan fingerprint density at radius 2 is 0.455 bits per heavy atom. The molecule has 0 heterocycles. The molecule has 424 valence electrons. The topological polar surface area (TPSA) is 6.48 Å². The van der Waals surface area contributed by atoms with Gasteiger partial charge in [-0.05, 0) is 207 Å². The van der Waals surface area contributed by atoms with Crippen LogP contribution in [0.5, 0.6) is 0 Å². The molecule has 12 aromatic rings. The molecule has 0 spiro atoms. The molecule has 0 amide bonds. The van der Waals surface area contributed by atoms with Crippen molar-refractivity contribution in [1.29, 1.82) is 0 Å². The third kappa shape index (κ3) is 8.36. The average Bonchev–Trinajstić information content (AvgIpc) is 1.63. The Morgan fingerprint density at radius 3 is 0.795 bits per heavy atom. The normalized spacial score (nSPS) is 15.3. The first-order valence-electron chi connectivity index (χ1n) is 31.3. The number of rotatable bonds is 10. The minimum Gasteiger partial charge on any atom is -0.310 e. The Morgan fingerprint density at radius 1 is 0.205 bits per heavy atom. The molecule has 4 aliphatic carbocycles. The van der Waals surface area contributed by atoms with E-state index in [2.05, 4.69) is 344 Å². The fourth-order valence-corrected chi connectivity index (χ4v) is 15.6. The fraction of sp³-hybridized carbons (Fsp3) is 0.140. The van der Waals surface area contributed by atoms with Crippen molar-refractivity contribution in [2.75, 3.05) is 9.80 Å². The highest BCUT2D eigenvalue weighted by atomic mass is 15.1. The average molecular weight is 1130 g/mol. The molecule has 2 heteroatoms. The number of hydrogen-bond donors (Lipinski definition) is 0. The molecule has 0 saturated carbocycles. The number of anilines is 6. The van der Waals surface area contributed by atoms with E-state index >= 15 is 0 Å². The number of benzene rings is 12. The van der Waals surface area contributed by atoms with Gasteiger partial charge in [0.25, 0.3) is 0 Å². The standard InChI is InChI=1S/C86H70N2/c1-83(2)75-25-17-15-23-67(75)71-43-37-63(51-79(71)83)87(61-19-11-9-12-20-61)65-39-45-73-69-41-33-57(49-77(69)85(5,6)81(73)53-65)29-27-55-31-35-60-48-56(32-36-59(60)47-55)28-30-58-34-42-70-74-46-40-66(54-82(74)86(7,8)78(70)50-58)88(62-21-13-10-14-22-62)64-38-44-72-68-24-16-18-26-76(68)84(3,4)80(72)52-64/h9-54H,1-8H3/b29-27+,30-28+. The fourth-order valence-electron chi connectivity index (χ4n) is 15.6. The second kappa shape index (κ2) is 19.8. The number of para-hydroxylation sites is 2. The first-order valence-corrected chi connectivity index (χ1v) is 31.3. The minimum absolute atomic E-state index is 0.0902. The van der Waals surface area contributed by atoms with E-state index in [1.54, 1.807) is 0 Å². The largest absolute Gasteiger partial charge is 0.310 e. The molecule has 0 atom stereocenters. The molecule has 2 nitrogen and oxygen atoms in total. The van der Waals surface area contributed by atoms with Gasteiger partial charge in [-0.2, -0.15) is 0 Å². The van der Waals surface area contributed by atoms with Crippen LogP contribution >= 0.6 is 0 Å². The number of nitrogens with zero attached hydrogens (tertiary/aromatic N) is 2. The Labute approximate surface area is 519 Å². The van der Waals surface area contributed by atoms with Crippen LogP contribution in [0.15, 0.2) is 255 Å². The van der Waals surface area contributed by atoms with Crippen LogP contribution in [-0.2, 0) is 21.7 Å². The molecule has 0 fully saturated rings. The van der Waals surface area contributed by atoms with Gasteiger partial charge in [0.2, 0.25) is 0 Å². The maximum atomic E-state index is 2.44. The second-order valence-corrected chi connectivity index (χ2v) is 27.0. The summed E-state index contributed by atoms with van der Waals surface area (Å²) in [6, 6.07) is 95.5. The van der Waals surface area contributed by atoms with Crippen molar-refractivity contribution in [3.63, 3.8) is 0 Å². The van der Waals surface area contributed by atoms with E-state index in [9.17, 15) is 0 Å². The lowest BCUT2D eigenvalue weighted by atomic mass is 9.81. The zero-order valence-corrected chi connectivity index (χ0v) is 51.5. The highest BCUT2D eigenvalue weighted by molar-refractivity contribution is 5.93. The van der Waals surface area contributed by atoms with Crippen molar-refractivity contribution >= 4 is 69.2 Å². The van der Waals surface area contributed by atoms with Gasteiger partial charge in [0.15, 0.2) is 0 Å². The third-order valence-electron chi connectivity index (χ3n) is 20.4. The number of hydrogen-bond acceptors (Lipinski definition) is 2.